The molecule has 1 aromatic rings. The first-order valence-corrected chi connectivity index (χ1v) is 6.78. The summed E-state index contributed by atoms with van der Waals surface area (Å²) in [7, 11) is 0. The summed E-state index contributed by atoms with van der Waals surface area (Å²) >= 11 is 0. The molecule has 0 radical (unpaired) electrons. The fourth-order valence-electron chi connectivity index (χ4n) is 2.40. The number of hydrogen-bond acceptors (Lipinski definition) is 4. The van der Waals surface area contributed by atoms with Crippen molar-refractivity contribution in [3.63, 3.8) is 0 Å². The Hall–Kier alpha value is -1.90. The molecule has 1 fully saturated rings. The first-order chi connectivity index (χ1) is 9.74. The van der Waals surface area contributed by atoms with Crippen LogP contribution in [0.5, 0.6) is 0 Å². The molecule has 0 aromatic carbocycles. The van der Waals surface area contributed by atoms with Crippen molar-refractivity contribution in [1.29, 1.82) is 0 Å². The molecular weight excluding hydrogens is 254 g/mol. The fraction of sp³-hybridized carbons (Fsp3) is 0.467. The number of hydrogen-bond donors (Lipinski definition) is 2. The minimum Gasteiger partial charge on any atom is -0.396 e. The standard InChI is InChI=1S/C15H19N3O2/c16-5-1-2-13-8-14(10-17-9-13)15(20)18-6-3-12(11-18)4-7-19/h8-10,12,19H,3-7,11,16H2. The normalized spacial score (nSPS) is 17.7. The van der Waals surface area contributed by atoms with Crippen molar-refractivity contribution in [2.24, 2.45) is 11.7 Å². The Morgan fingerprint density at radius 3 is 3.15 bits per heavy atom. The highest BCUT2D eigenvalue weighted by Crippen LogP contribution is 2.21. The van der Waals surface area contributed by atoms with Gasteiger partial charge in [0.25, 0.3) is 5.91 Å². The van der Waals surface area contributed by atoms with Gasteiger partial charge in [0.15, 0.2) is 0 Å². The molecule has 20 heavy (non-hydrogen) atoms. The molecule has 1 unspecified atom stereocenters. The molecule has 5 nitrogen and oxygen atoms in total. The minimum atomic E-state index is -0.0191. The van der Waals surface area contributed by atoms with Crippen LogP contribution < -0.4 is 5.73 Å². The first kappa shape index (κ1) is 14.5. The van der Waals surface area contributed by atoms with Gasteiger partial charge in [-0.3, -0.25) is 9.78 Å². The molecule has 0 spiro atoms. The van der Waals surface area contributed by atoms with E-state index in [-0.39, 0.29) is 19.1 Å². The lowest BCUT2D eigenvalue weighted by Gasteiger charge is -2.16. The zero-order chi connectivity index (χ0) is 14.4. The summed E-state index contributed by atoms with van der Waals surface area (Å²) < 4.78 is 0. The van der Waals surface area contributed by atoms with Gasteiger partial charge >= 0.3 is 0 Å². The average Bonchev–Trinajstić information content (AvgIpc) is 2.93. The molecule has 0 aliphatic carbocycles. The summed E-state index contributed by atoms with van der Waals surface area (Å²) in [6.45, 7) is 1.91. The van der Waals surface area contributed by atoms with Crippen molar-refractivity contribution < 1.29 is 9.90 Å². The van der Waals surface area contributed by atoms with Crippen LogP contribution in [0.1, 0.15) is 28.8 Å². The number of nitrogens with zero attached hydrogens (tertiary/aromatic N) is 2. The molecule has 1 amide bonds. The molecule has 5 heteroatoms. The number of carbonyl (C=O) groups excluding carboxylic acids is 1. The molecule has 2 rings (SSSR count). The summed E-state index contributed by atoms with van der Waals surface area (Å²) in [6.07, 6.45) is 4.89. The topological polar surface area (TPSA) is 79.5 Å². The number of likely N-dealkylation sites (tertiary alicyclic amines) is 1. The number of carbonyl (C=O) groups is 1. The number of aromatic nitrogens is 1. The van der Waals surface area contributed by atoms with E-state index in [1.165, 1.54) is 0 Å². The van der Waals surface area contributed by atoms with Crippen LogP contribution in [0.3, 0.4) is 0 Å². The van der Waals surface area contributed by atoms with E-state index in [1.807, 2.05) is 4.90 Å². The Morgan fingerprint density at radius 2 is 2.40 bits per heavy atom. The van der Waals surface area contributed by atoms with Crippen LogP contribution in [0.15, 0.2) is 18.5 Å². The smallest absolute Gasteiger partial charge is 0.255 e. The monoisotopic (exact) mass is 273 g/mol. The summed E-state index contributed by atoms with van der Waals surface area (Å²) in [5.74, 6) is 6.01. The van der Waals surface area contributed by atoms with E-state index in [2.05, 4.69) is 16.8 Å². The second-order valence-electron chi connectivity index (χ2n) is 4.89. The van der Waals surface area contributed by atoms with Crippen LogP contribution in [-0.4, -0.2) is 47.1 Å². The predicted molar refractivity (Wildman–Crippen MR) is 75.9 cm³/mol. The van der Waals surface area contributed by atoms with Crippen LogP contribution in [0.4, 0.5) is 0 Å². The first-order valence-electron chi connectivity index (χ1n) is 6.78. The van der Waals surface area contributed by atoms with Gasteiger partial charge < -0.3 is 15.7 Å². The Morgan fingerprint density at radius 1 is 1.55 bits per heavy atom. The van der Waals surface area contributed by atoms with Crippen LogP contribution in [0.2, 0.25) is 0 Å². The van der Waals surface area contributed by atoms with E-state index in [0.29, 0.717) is 23.6 Å². The SMILES string of the molecule is NCC#Cc1cncc(C(=O)N2CCC(CCO)C2)c1. The molecule has 1 aliphatic rings. The lowest BCUT2D eigenvalue weighted by Crippen LogP contribution is -2.29. The van der Waals surface area contributed by atoms with Gasteiger partial charge in [-0.2, -0.15) is 0 Å². The largest absolute Gasteiger partial charge is 0.396 e. The number of amides is 1. The highest BCUT2D eigenvalue weighted by atomic mass is 16.3. The Bertz CT molecular complexity index is 533. The van der Waals surface area contributed by atoms with Crippen LogP contribution in [-0.2, 0) is 0 Å². The van der Waals surface area contributed by atoms with Crippen molar-refractivity contribution in [1.82, 2.24) is 9.88 Å². The number of aliphatic hydroxyl groups excluding tert-OH is 1. The van der Waals surface area contributed by atoms with E-state index in [4.69, 9.17) is 10.8 Å². The number of rotatable bonds is 3. The van der Waals surface area contributed by atoms with Gasteiger partial charge in [0.05, 0.1) is 12.1 Å². The van der Waals surface area contributed by atoms with Gasteiger partial charge in [-0.1, -0.05) is 11.8 Å². The van der Waals surface area contributed by atoms with E-state index < -0.39 is 0 Å². The third-order valence-corrected chi connectivity index (χ3v) is 3.43. The number of aliphatic hydroxyl groups is 1. The maximum Gasteiger partial charge on any atom is 0.255 e. The van der Waals surface area contributed by atoms with Gasteiger partial charge in [0, 0.05) is 37.7 Å². The Balaban J connectivity index is 2.06. The van der Waals surface area contributed by atoms with E-state index in [1.54, 1.807) is 18.5 Å². The molecule has 2 heterocycles. The van der Waals surface area contributed by atoms with Gasteiger partial charge in [-0.15, -0.1) is 0 Å². The van der Waals surface area contributed by atoms with Crippen molar-refractivity contribution in [3.05, 3.63) is 29.6 Å². The quantitative estimate of drug-likeness (QED) is 0.773. The summed E-state index contributed by atoms with van der Waals surface area (Å²) in [5, 5.41) is 8.95. The van der Waals surface area contributed by atoms with Gasteiger partial charge in [-0.05, 0) is 24.8 Å². The van der Waals surface area contributed by atoms with Crippen molar-refractivity contribution in [2.45, 2.75) is 12.8 Å². The highest BCUT2D eigenvalue weighted by molar-refractivity contribution is 5.94. The molecule has 1 atom stereocenters. The highest BCUT2D eigenvalue weighted by Gasteiger charge is 2.26. The lowest BCUT2D eigenvalue weighted by atomic mass is 10.1. The summed E-state index contributed by atoms with van der Waals surface area (Å²) in [6, 6.07) is 1.75. The third-order valence-electron chi connectivity index (χ3n) is 3.43. The van der Waals surface area contributed by atoms with Gasteiger partial charge in [0.2, 0.25) is 0 Å². The molecule has 1 saturated heterocycles. The Kier molecular flexibility index (Phi) is 5.10. The third kappa shape index (κ3) is 3.56. The molecule has 0 bridgehead atoms. The summed E-state index contributed by atoms with van der Waals surface area (Å²) in [4.78, 5) is 18.2. The molecule has 106 valence electrons. The zero-order valence-corrected chi connectivity index (χ0v) is 11.4. The molecule has 1 aliphatic heterocycles. The van der Waals surface area contributed by atoms with Crippen molar-refractivity contribution in [2.75, 3.05) is 26.2 Å². The van der Waals surface area contributed by atoms with Crippen molar-refractivity contribution >= 4 is 5.91 Å². The second kappa shape index (κ2) is 7.04. The fourth-order valence-corrected chi connectivity index (χ4v) is 2.40. The molecule has 3 N–H and O–H groups in total. The van der Waals surface area contributed by atoms with E-state index in [0.717, 1.165) is 19.4 Å². The zero-order valence-electron chi connectivity index (χ0n) is 11.4. The molecule has 1 aromatic heterocycles. The number of nitrogens with two attached hydrogens (primary N) is 1. The van der Waals surface area contributed by atoms with Crippen LogP contribution in [0.25, 0.3) is 0 Å². The summed E-state index contributed by atoms with van der Waals surface area (Å²) in [5.41, 5.74) is 6.58. The van der Waals surface area contributed by atoms with Crippen LogP contribution in [0, 0.1) is 17.8 Å². The van der Waals surface area contributed by atoms with E-state index >= 15 is 0 Å². The predicted octanol–water partition coefficient (Wildman–Crippen LogP) is 0.236. The van der Waals surface area contributed by atoms with Crippen LogP contribution >= 0.6 is 0 Å². The second-order valence-corrected chi connectivity index (χ2v) is 4.89. The van der Waals surface area contributed by atoms with Gasteiger partial charge in [0.1, 0.15) is 0 Å². The van der Waals surface area contributed by atoms with Gasteiger partial charge in [-0.25, -0.2) is 0 Å². The Labute approximate surface area is 118 Å². The number of pyridine rings is 1. The maximum atomic E-state index is 12.4. The van der Waals surface area contributed by atoms with Crippen molar-refractivity contribution in [3.8, 4) is 11.8 Å². The maximum absolute atomic E-state index is 12.4. The molecular formula is C15H19N3O2. The average molecular weight is 273 g/mol. The lowest BCUT2D eigenvalue weighted by molar-refractivity contribution is 0.0784. The minimum absolute atomic E-state index is 0.0191. The van der Waals surface area contributed by atoms with E-state index in [9.17, 15) is 4.79 Å². The molecule has 0 saturated carbocycles.